The topological polar surface area (TPSA) is 20.3 Å². The Bertz CT molecular complexity index is 842. The Hall–Kier alpha value is -2.84. The van der Waals surface area contributed by atoms with Crippen molar-refractivity contribution in [1.29, 1.82) is 0 Å². The van der Waals surface area contributed by atoms with E-state index < -0.39 is 0 Å². The monoisotopic (exact) mass is 347 g/mol. The van der Waals surface area contributed by atoms with Crippen molar-refractivity contribution in [2.24, 2.45) is 0 Å². The van der Waals surface area contributed by atoms with E-state index in [0.29, 0.717) is 11.6 Å². The van der Waals surface area contributed by atoms with Crippen LogP contribution < -0.4 is 4.90 Å². The molecular weight excluding hydrogens is 330 g/mol. The largest absolute Gasteiger partial charge is 0.304 e. The summed E-state index contributed by atoms with van der Waals surface area (Å²) < 4.78 is 0. The Morgan fingerprint density at radius 3 is 2.08 bits per heavy atom. The fourth-order valence-corrected chi connectivity index (χ4v) is 2.63. The summed E-state index contributed by atoms with van der Waals surface area (Å²) in [7, 11) is 0. The summed E-state index contributed by atoms with van der Waals surface area (Å²) in [6.45, 7) is 0.522. The summed E-state index contributed by atoms with van der Waals surface area (Å²) >= 11 is 5.90. The normalized spacial score (nSPS) is 10.8. The van der Waals surface area contributed by atoms with Crippen LogP contribution in [0.3, 0.4) is 0 Å². The molecule has 0 N–H and O–H groups in total. The van der Waals surface area contributed by atoms with Gasteiger partial charge in [-0.1, -0.05) is 72.3 Å². The van der Waals surface area contributed by atoms with Crippen LogP contribution >= 0.6 is 11.6 Å². The number of nitrogens with zero attached hydrogens (tertiary/aromatic N) is 1. The standard InChI is InChI=1S/C22H18ClNO/c23-20-14-11-18(12-15-20)13-16-22(25)24(21-9-5-2-6-10-21)17-19-7-3-1-4-8-19/h1-16H,17H2/b16-13+. The highest BCUT2D eigenvalue weighted by Crippen LogP contribution is 2.18. The van der Waals surface area contributed by atoms with Crippen molar-refractivity contribution < 1.29 is 4.79 Å². The van der Waals surface area contributed by atoms with Crippen molar-refractivity contribution in [3.05, 3.63) is 107 Å². The predicted molar refractivity (Wildman–Crippen MR) is 105 cm³/mol. The molecule has 0 atom stereocenters. The molecule has 3 rings (SSSR count). The van der Waals surface area contributed by atoms with Gasteiger partial charge in [-0.2, -0.15) is 0 Å². The van der Waals surface area contributed by atoms with Gasteiger partial charge in [0.05, 0.1) is 6.54 Å². The van der Waals surface area contributed by atoms with Gasteiger partial charge in [0.15, 0.2) is 0 Å². The number of para-hydroxylation sites is 1. The fraction of sp³-hybridized carbons (Fsp3) is 0.0455. The molecule has 2 nitrogen and oxygen atoms in total. The van der Waals surface area contributed by atoms with E-state index in [1.54, 1.807) is 17.1 Å². The highest BCUT2D eigenvalue weighted by molar-refractivity contribution is 6.30. The van der Waals surface area contributed by atoms with Gasteiger partial charge in [-0.15, -0.1) is 0 Å². The minimum Gasteiger partial charge on any atom is -0.304 e. The minimum absolute atomic E-state index is 0.0648. The Kier molecular flexibility index (Phi) is 5.65. The Morgan fingerprint density at radius 2 is 1.44 bits per heavy atom. The molecule has 0 saturated carbocycles. The van der Waals surface area contributed by atoms with E-state index in [2.05, 4.69) is 0 Å². The molecule has 0 spiro atoms. The maximum absolute atomic E-state index is 12.8. The zero-order valence-electron chi connectivity index (χ0n) is 13.7. The molecule has 0 bridgehead atoms. The Balaban J connectivity index is 1.83. The van der Waals surface area contributed by atoms with Crippen LogP contribution in [0.15, 0.2) is 91.0 Å². The van der Waals surface area contributed by atoms with Gasteiger partial charge in [-0.05, 0) is 41.5 Å². The number of anilines is 1. The predicted octanol–water partition coefficient (Wildman–Crippen LogP) is 5.59. The van der Waals surface area contributed by atoms with Gasteiger partial charge in [0.25, 0.3) is 5.91 Å². The maximum Gasteiger partial charge on any atom is 0.251 e. The number of carbonyl (C=O) groups is 1. The molecule has 0 fully saturated rings. The van der Waals surface area contributed by atoms with Crippen molar-refractivity contribution in [2.75, 3.05) is 4.90 Å². The van der Waals surface area contributed by atoms with E-state index in [1.165, 1.54) is 0 Å². The fourth-order valence-electron chi connectivity index (χ4n) is 2.50. The van der Waals surface area contributed by atoms with Crippen LogP contribution in [-0.4, -0.2) is 5.91 Å². The van der Waals surface area contributed by atoms with E-state index in [-0.39, 0.29) is 5.91 Å². The van der Waals surface area contributed by atoms with E-state index in [9.17, 15) is 4.79 Å². The van der Waals surface area contributed by atoms with Crippen molar-refractivity contribution in [1.82, 2.24) is 0 Å². The molecular formula is C22H18ClNO. The molecule has 0 heterocycles. The molecule has 1 amide bonds. The first-order chi connectivity index (χ1) is 12.2. The number of rotatable bonds is 5. The van der Waals surface area contributed by atoms with Crippen molar-refractivity contribution in [3.63, 3.8) is 0 Å². The second-order valence-corrected chi connectivity index (χ2v) is 6.07. The van der Waals surface area contributed by atoms with Gasteiger partial charge in [0.2, 0.25) is 0 Å². The van der Waals surface area contributed by atoms with E-state index >= 15 is 0 Å². The summed E-state index contributed by atoms with van der Waals surface area (Å²) in [5.41, 5.74) is 2.89. The third-order valence-electron chi connectivity index (χ3n) is 3.81. The van der Waals surface area contributed by atoms with E-state index in [4.69, 9.17) is 11.6 Å². The van der Waals surface area contributed by atoms with Gasteiger partial charge < -0.3 is 4.90 Å². The molecule has 0 aliphatic carbocycles. The van der Waals surface area contributed by atoms with Crippen LogP contribution in [0.25, 0.3) is 6.08 Å². The molecule has 0 aliphatic rings. The number of hydrogen-bond donors (Lipinski definition) is 0. The van der Waals surface area contributed by atoms with Crippen LogP contribution in [0.1, 0.15) is 11.1 Å². The molecule has 0 saturated heterocycles. The van der Waals surface area contributed by atoms with Crippen molar-refractivity contribution >= 4 is 29.3 Å². The number of hydrogen-bond acceptors (Lipinski definition) is 1. The number of amides is 1. The van der Waals surface area contributed by atoms with Crippen LogP contribution in [0.4, 0.5) is 5.69 Å². The molecule has 0 radical (unpaired) electrons. The molecule has 3 aromatic rings. The van der Waals surface area contributed by atoms with Crippen molar-refractivity contribution in [3.8, 4) is 0 Å². The Labute approximate surface area is 153 Å². The van der Waals surface area contributed by atoms with Crippen LogP contribution in [0.5, 0.6) is 0 Å². The molecule has 3 aromatic carbocycles. The first-order valence-electron chi connectivity index (χ1n) is 8.06. The minimum atomic E-state index is -0.0648. The lowest BCUT2D eigenvalue weighted by atomic mass is 10.1. The SMILES string of the molecule is O=C(/C=C/c1ccc(Cl)cc1)N(Cc1ccccc1)c1ccccc1. The highest BCUT2D eigenvalue weighted by Gasteiger charge is 2.13. The first-order valence-corrected chi connectivity index (χ1v) is 8.44. The van der Waals surface area contributed by atoms with Gasteiger partial charge in [0.1, 0.15) is 0 Å². The third-order valence-corrected chi connectivity index (χ3v) is 4.06. The second kappa shape index (κ2) is 8.32. The van der Waals surface area contributed by atoms with Gasteiger partial charge in [-0.25, -0.2) is 0 Å². The summed E-state index contributed by atoms with van der Waals surface area (Å²) in [5.74, 6) is -0.0648. The van der Waals surface area contributed by atoms with Gasteiger partial charge in [0, 0.05) is 16.8 Å². The summed E-state index contributed by atoms with van der Waals surface area (Å²) in [6, 6.07) is 27.1. The Morgan fingerprint density at radius 1 is 0.840 bits per heavy atom. The summed E-state index contributed by atoms with van der Waals surface area (Å²) in [4.78, 5) is 14.6. The highest BCUT2D eigenvalue weighted by atomic mass is 35.5. The molecule has 0 aromatic heterocycles. The van der Waals surface area contributed by atoms with Crippen LogP contribution in [0.2, 0.25) is 5.02 Å². The number of benzene rings is 3. The van der Waals surface area contributed by atoms with Gasteiger partial charge >= 0.3 is 0 Å². The lowest BCUT2D eigenvalue weighted by molar-refractivity contribution is -0.114. The summed E-state index contributed by atoms with van der Waals surface area (Å²) in [6.07, 6.45) is 3.40. The number of halogens is 1. The summed E-state index contributed by atoms with van der Waals surface area (Å²) in [5, 5.41) is 0.679. The van der Waals surface area contributed by atoms with Gasteiger partial charge in [-0.3, -0.25) is 4.79 Å². The van der Waals surface area contributed by atoms with E-state index in [1.807, 2.05) is 84.9 Å². The van der Waals surface area contributed by atoms with E-state index in [0.717, 1.165) is 16.8 Å². The lowest BCUT2D eigenvalue weighted by Gasteiger charge is -2.21. The molecule has 25 heavy (non-hydrogen) atoms. The van der Waals surface area contributed by atoms with Crippen LogP contribution in [-0.2, 0) is 11.3 Å². The third kappa shape index (κ3) is 4.82. The maximum atomic E-state index is 12.8. The first kappa shape index (κ1) is 17.0. The molecule has 3 heteroatoms. The quantitative estimate of drug-likeness (QED) is 0.551. The zero-order chi connectivity index (χ0) is 17.5. The smallest absolute Gasteiger partial charge is 0.251 e. The number of carbonyl (C=O) groups excluding carboxylic acids is 1. The molecule has 0 aliphatic heterocycles. The zero-order valence-corrected chi connectivity index (χ0v) is 14.4. The average molecular weight is 348 g/mol. The average Bonchev–Trinajstić information content (AvgIpc) is 2.67. The second-order valence-electron chi connectivity index (χ2n) is 5.63. The van der Waals surface area contributed by atoms with Crippen molar-refractivity contribution in [2.45, 2.75) is 6.54 Å². The van der Waals surface area contributed by atoms with Crippen LogP contribution in [0, 0.1) is 0 Å². The lowest BCUT2D eigenvalue weighted by Crippen LogP contribution is -2.28. The molecule has 124 valence electrons. The molecule has 0 unspecified atom stereocenters.